The van der Waals surface area contributed by atoms with Crippen LogP contribution >= 0.6 is 0 Å². The van der Waals surface area contributed by atoms with Gasteiger partial charge in [-0.15, -0.1) is 0 Å². The third kappa shape index (κ3) is 4.35. The predicted octanol–water partition coefficient (Wildman–Crippen LogP) is 2.50. The maximum absolute atomic E-state index is 11.6. The van der Waals surface area contributed by atoms with Gasteiger partial charge in [-0.05, 0) is 25.5 Å². The second-order valence-electron chi connectivity index (χ2n) is 7.36. The topological polar surface area (TPSA) is 88.1 Å². The number of aromatic hydroxyl groups is 1. The third-order valence-corrected chi connectivity index (χ3v) is 5.42. The second-order valence-corrected chi connectivity index (χ2v) is 7.36. The zero-order valence-electron chi connectivity index (χ0n) is 16.0. The summed E-state index contributed by atoms with van der Waals surface area (Å²) in [6, 6.07) is 3.40. The first-order valence-corrected chi connectivity index (χ1v) is 9.62. The summed E-state index contributed by atoms with van der Waals surface area (Å²) in [5.74, 6) is 0.528. The van der Waals surface area contributed by atoms with Gasteiger partial charge >= 0.3 is 6.09 Å². The number of rotatable bonds is 7. The van der Waals surface area contributed by atoms with Gasteiger partial charge in [0.15, 0.2) is 5.78 Å². The zero-order chi connectivity index (χ0) is 19.4. The van der Waals surface area contributed by atoms with Gasteiger partial charge in [-0.2, -0.15) is 0 Å². The molecule has 1 aromatic rings. The lowest BCUT2D eigenvalue weighted by molar-refractivity contribution is -0.00150. The highest BCUT2D eigenvalue weighted by molar-refractivity contribution is 5.97. The molecule has 2 fully saturated rings. The van der Waals surface area contributed by atoms with Crippen molar-refractivity contribution in [1.82, 2.24) is 10.2 Å². The molecule has 148 valence electrons. The van der Waals surface area contributed by atoms with E-state index in [4.69, 9.17) is 9.47 Å². The number of likely N-dealkylation sites (tertiary alicyclic amines) is 1. The number of carbonyl (C=O) groups is 2. The van der Waals surface area contributed by atoms with Crippen LogP contribution in [0.15, 0.2) is 12.1 Å². The molecular formula is C20H28N2O5. The molecule has 2 aliphatic heterocycles. The molecule has 2 N–H and O–H groups in total. The number of phenolic OH excluding ortho intramolecular Hbond substituents is 1. The lowest BCUT2D eigenvalue weighted by Crippen LogP contribution is -2.47. The number of Topliss-reactive ketones (excluding diaryl/α,β-unsaturated/α-hetero) is 1. The number of benzene rings is 1. The molecular weight excluding hydrogens is 348 g/mol. The Balaban J connectivity index is 1.54. The molecule has 0 radical (unpaired) electrons. The van der Waals surface area contributed by atoms with E-state index in [9.17, 15) is 14.7 Å². The number of amides is 1. The Bertz CT molecular complexity index is 711. The summed E-state index contributed by atoms with van der Waals surface area (Å²) in [4.78, 5) is 25.2. The summed E-state index contributed by atoms with van der Waals surface area (Å²) >= 11 is 0. The standard InChI is InChI=1S/C20H28N2O5/c1-3-4-16-17(6-5-15(14(2)23)18(16)24)26-12-11-22-9-7-20(8-10-22)13-21-19(25)27-20/h5-6,24H,3-4,7-13H2,1-2H3,(H,21,25). The van der Waals surface area contributed by atoms with Crippen molar-refractivity contribution in [1.29, 1.82) is 0 Å². The molecule has 2 heterocycles. The second kappa shape index (κ2) is 8.17. The van der Waals surface area contributed by atoms with Crippen molar-refractivity contribution in [3.8, 4) is 11.5 Å². The highest BCUT2D eigenvalue weighted by Gasteiger charge is 2.42. The van der Waals surface area contributed by atoms with Gasteiger partial charge in [0.2, 0.25) is 0 Å². The van der Waals surface area contributed by atoms with E-state index in [-0.39, 0.29) is 23.2 Å². The SMILES string of the molecule is CCCc1c(OCCN2CCC3(CC2)CNC(=O)O3)ccc(C(C)=O)c1O. The molecule has 0 saturated carbocycles. The number of ether oxygens (including phenoxy) is 2. The van der Waals surface area contributed by atoms with Gasteiger partial charge < -0.3 is 19.9 Å². The first kappa shape index (κ1) is 19.5. The van der Waals surface area contributed by atoms with Gasteiger partial charge in [0.05, 0.1) is 12.1 Å². The minimum absolute atomic E-state index is 0.0392. The smallest absolute Gasteiger partial charge is 0.407 e. The fourth-order valence-corrected chi connectivity index (χ4v) is 3.78. The Morgan fingerprint density at radius 2 is 2.11 bits per heavy atom. The number of hydrogen-bond acceptors (Lipinski definition) is 6. The van der Waals surface area contributed by atoms with Crippen molar-refractivity contribution in [3.63, 3.8) is 0 Å². The van der Waals surface area contributed by atoms with Crippen molar-refractivity contribution in [2.45, 2.75) is 45.1 Å². The summed E-state index contributed by atoms with van der Waals surface area (Å²) in [6.07, 6.45) is 2.84. The lowest BCUT2D eigenvalue weighted by Gasteiger charge is -2.37. The van der Waals surface area contributed by atoms with Crippen molar-refractivity contribution in [3.05, 3.63) is 23.3 Å². The average Bonchev–Trinajstić information content (AvgIpc) is 3.00. The molecule has 0 bridgehead atoms. The van der Waals surface area contributed by atoms with E-state index < -0.39 is 0 Å². The van der Waals surface area contributed by atoms with Crippen molar-refractivity contribution >= 4 is 11.9 Å². The van der Waals surface area contributed by atoms with Gasteiger partial charge in [0, 0.05) is 38.0 Å². The van der Waals surface area contributed by atoms with Gasteiger partial charge in [-0.1, -0.05) is 13.3 Å². The van der Waals surface area contributed by atoms with Crippen LogP contribution in [0.1, 0.15) is 49.0 Å². The Kier molecular flexibility index (Phi) is 5.89. The van der Waals surface area contributed by atoms with E-state index in [0.717, 1.165) is 38.9 Å². The Morgan fingerprint density at radius 3 is 2.70 bits per heavy atom. The Morgan fingerprint density at radius 1 is 1.37 bits per heavy atom. The number of hydrogen-bond donors (Lipinski definition) is 2. The molecule has 1 amide bonds. The lowest BCUT2D eigenvalue weighted by atomic mass is 9.92. The van der Waals surface area contributed by atoms with Gasteiger partial charge in [0.25, 0.3) is 0 Å². The van der Waals surface area contributed by atoms with Crippen LogP contribution in [0, 0.1) is 0 Å². The predicted molar refractivity (Wildman–Crippen MR) is 100 cm³/mol. The fraction of sp³-hybridized carbons (Fsp3) is 0.600. The van der Waals surface area contributed by atoms with Gasteiger partial charge in [0.1, 0.15) is 23.7 Å². The molecule has 7 heteroatoms. The van der Waals surface area contributed by atoms with Crippen LogP contribution in [0.2, 0.25) is 0 Å². The number of nitrogens with zero attached hydrogens (tertiary/aromatic N) is 1. The third-order valence-electron chi connectivity index (χ3n) is 5.42. The summed E-state index contributed by atoms with van der Waals surface area (Å²) in [5.41, 5.74) is 0.704. The van der Waals surface area contributed by atoms with Crippen LogP contribution < -0.4 is 10.1 Å². The van der Waals surface area contributed by atoms with Crippen LogP contribution in [0.5, 0.6) is 11.5 Å². The van der Waals surface area contributed by atoms with E-state index in [1.165, 1.54) is 6.92 Å². The van der Waals surface area contributed by atoms with E-state index in [1.54, 1.807) is 12.1 Å². The van der Waals surface area contributed by atoms with E-state index in [2.05, 4.69) is 10.2 Å². The average molecular weight is 376 g/mol. The number of phenols is 1. The monoisotopic (exact) mass is 376 g/mol. The van der Waals surface area contributed by atoms with Crippen LogP contribution in [-0.2, 0) is 11.2 Å². The van der Waals surface area contributed by atoms with Crippen LogP contribution in [-0.4, -0.2) is 60.3 Å². The Labute approximate surface area is 159 Å². The number of carbonyl (C=O) groups excluding carboxylic acids is 2. The van der Waals surface area contributed by atoms with Gasteiger partial charge in [-0.3, -0.25) is 9.69 Å². The maximum Gasteiger partial charge on any atom is 0.407 e. The Hall–Kier alpha value is -2.28. The largest absolute Gasteiger partial charge is 0.507 e. The fourth-order valence-electron chi connectivity index (χ4n) is 3.78. The summed E-state index contributed by atoms with van der Waals surface area (Å²) in [5, 5.41) is 13.1. The quantitative estimate of drug-likeness (QED) is 0.711. The first-order valence-electron chi connectivity index (χ1n) is 9.62. The van der Waals surface area contributed by atoms with Crippen molar-refractivity contribution in [2.24, 2.45) is 0 Å². The first-order chi connectivity index (χ1) is 12.9. The number of piperidine rings is 1. The molecule has 0 aromatic heterocycles. The zero-order valence-corrected chi connectivity index (χ0v) is 16.0. The van der Waals surface area contributed by atoms with Crippen molar-refractivity contribution < 1.29 is 24.2 Å². The molecule has 0 atom stereocenters. The molecule has 2 saturated heterocycles. The molecule has 1 aromatic carbocycles. The summed E-state index contributed by atoms with van der Waals surface area (Å²) in [6.45, 7) is 7.05. The summed E-state index contributed by atoms with van der Waals surface area (Å²) < 4.78 is 11.4. The van der Waals surface area contributed by atoms with Crippen LogP contribution in [0.4, 0.5) is 4.79 Å². The van der Waals surface area contributed by atoms with E-state index in [0.29, 0.717) is 36.4 Å². The van der Waals surface area contributed by atoms with Crippen LogP contribution in [0.25, 0.3) is 0 Å². The molecule has 0 unspecified atom stereocenters. The normalized spacial score (nSPS) is 19.0. The highest BCUT2D eigenvalue weighted by atomic mass is 16.6. The molecule has 3 rings (SSSR count). The number of nitrogens with one attached hydrogen (secondary N) is 1. The molecule has 2 aliphatic rings. The minimum atomic E-state index is -0.336. The van der Waals surface area contributed by atoms with E-state index in [1.807, 2.05) is 6.92 Å². The van der Waals surface area contributed by atoms with Gasteiger partial charge in [-0.25, -0.2) is 4.79 Å². The van der Waals surface area contributed by atoms with Crippen LogP contribution in [0.3, 0.4) is 0 Å². The molecule has 7 nitrogen and oxygen atoms in total. The molecule has 27 heavy (non-hydrogen) atoms. The molecule has 1 spiro atoms. The number of ketones is 1. The summed E-state index contributed by atoms with van der Waals surface area (Å²) in [7, 11) is 0. The van der Waals surface area contributed by atoms with Crippen molar-refractivity contribution in [2.75, 3.05) is 32.8 Å². The van der Waals surface area contributed by atoms with E-state index >= 15 is 0 Å². The number of alkyl carbamates (subject to hydrolysis) is 1. The molecule has 0 aliphatic carbocycles. The minimum Gasteiger partial charge on any atom is -0.507 e. The maximum atomic E-state index is 11.6. The highest BCUT2D eigenvalue weighted by Crippen LogP contribution is 2.33.